The highest BCUT2D eigenvalue weighted by Crippen LogP contribution is 2.22. The van der Waals surface area contributed by atoms with Gasteiger partial charge in [0.05, 0.1) is 18.0 Å². The van der Waals surface area contributed by atoms with Crippen LogP contribution in [0.1, 0.15) is 23.0 Å². The number of aromatic nitrogens is 7. The first-order valence-electron chi connectivity index (χ1n) is 9.57. The maximum atomic E-state index is 12.0. The Labute approximate surface area is 198 Å². The molecule has 4 aromatic rings. The molecule has 0 spiro atoms. The SMILES string of the molecule is CCOC(=O)c1cc(-c2ccc(C)cn2)n(-c2ccc(Cl)nn2)n1.NNc1ccc(Cl)nn1. The summed E-state index contributed by atoms with van der Waals surface area (Å²) in [6.07, 6.45) is 1.74. The van der Waals surface area contributed by atoms with Crippen molar-refractivity contribution < 1.29 is 9.53 Å². The fraction of sp³-hybridized carbons (Fsp3) is 0.150. The zero-order valence-electron chi connectivity index (χ0n) is 17.6. The number of esters is 1. The molecule has 3 N–H and O–H groups in total. The van der Waals surface area contributed by atoms with Crippen LogP contribution in [0.4, 0.5) is 5.82 Å². The molecular formula is C20H19Cl2N9O2. The normalized spacial score (nSPS) is 10.2. The van der Waals surface area contributed by atoms with Crippen molar-refractivity contribution in [3.8, 4) is 17.2 Å². The topological polar surface area (TPSA) is 147 Å². The van der Waals surface area contributed by atoms with Crippen molar-refractivity contribution in [3.63, 3.8) is 0 Å². The van der Waals surface area contributed by atoms with E-state index in [0.717, 1.165) is 5.56 Å². The van der Waals surface area contributed by atoms with Crippen molar-refractivity contribution in [2.75, 3.05) is 12.0 Å². The fourth-order valence-corrected chi connectivity index (χ4v) is 2.68. The van der Waals surface area contributed by atoms with Gasteiger partial charge in [0.15, 0.2) is 27.6 Å². The van der Waals surface area contributed by atoms with Crippen LogP contribution in [-0.4, -0.2) is 47.7 Å². The summed E-state index contributed by atoms with van der Waals surface area (Å²) in [6, 6.07) is 11.9. The number of halogens is 2. The van der Waals surface area contributed by atoms with Gasteiger partial charge in [-0.1, -0.05) is 29.3 Å². The summed E-state index contributed by atoms with van der Waals surface area (Å²) in [5.74, 6) is 5.42. The number of hydrazine groups is 1. The molecule has 33 heavy (non-hydrogen) atoms. The molecule has 0 atom stereocenters. The molecule has 0 saturated carbocycles. The highest BCUT2D eigenvalue weighted by atomic mass is 35.5. The molecule has 170 valence electrons. The monoisotopic (exact) mass is 487 g/mol. The highest BCUT2D eigenvalue weighted by Gasteiger charge is 2.19. The Bertz CT molecular complexity index is 1130. The quantitative estimate of drug-likeness (QED) is 0.244. The van der Waals surface area contributed by atoms with E-state index in [0.29, 0.717) is 28.2 Å². The number of nitrogens with one attached hydrogen (secondary N) is 1. The number of carbonyl (C=O) groups excluding carboxylic acids is 1. The zero-order valence-corrected chi connectivity index (χ0v) is 19.1. The number of ether oxygens (including phenoxy) is 1. The van der Waals surface area contributed by atoms with E-state index in [1.54, 1.807) is 43.5 Å². The number of nitrogens with zero attached hydrogens (tertiary/aromatic N) is 7. The van der Waals surface area contributed by atoms with E-state index in [1.807, 2.05) is 19.1 Å². The van der Waals surface area contributed by atoms with Gasteiger partial charge in [0, 0.05) is 12.3 Å². The Morgan fingerprint density at radius 3 is 2.33 bits per heavy atom. The molecule has 13 heteroatoms. The third-order valence-electron chi connectivity index (χ3n) is 3.98. The molecule has 0 unspecified atom stereocenters. The van der Waals surface area contributed by atoms with E-state index < -0.39 is 5.97 Å². The standard InChI is InChI=1S/C16H14ClN5O2.C4H5ClN4/c1-3-24-16(23)12-8-13(11-5-4-10(2)9-18-11)22(21-12)15-7-6-14(17)19-20-15;5-3-1-2-4(7-6)9-8-3/h4-9H,3H2,1-2H3;1-2H,6H2,(H,7,9). The molecule has 0 fully saturated rings. The van der Waals surface area contributed by atoms with Crippen molar-refractivity contribution in [2.45, 2.75) is 13.8 Å². The van der Waals surface area contributed by atoms with Crippen LogP contribution in [-0.2, 0) is 4.74 Å². The first-order valence-corrected chi connectivity index (χ1v) is 10.3. The molecule has 4 aromatic heterocycles. The summed E-state index contributed by atoms with van der Waals surface area (Å²) < 4.78 is 6.51. The number of anilines is 1. The van der Waals surface area contributed by atoms with E-state index in [9.17, 15) is 4.79 Å². The number of rotatable bonds is 5. The molecule has 0 aliphatic rings. The summed E-state index contributed by atoms with van der Waals surface area (Å²) in [4.78, 5) is 16.4. The van der Waals surface area contributed by atoms with E-state index >= 15 is 0 Å². The van der Waals surface area contributed by atoms with Gasteiger partial charge in [-0.2, -0.15) is 5.10 Å². The van der Waals surface area contributed by atoms with Gasteiger partial charge >= 0.3 is 5.97 Å². The Balaban J connectivity index is 0.000000286. The molecular weight excluding hydrogens is 469 g/mol. The minimum Gasteiger partial charge on any atom is -0.461 e. The van der Waals surface area contributed by atoms with Crippen molar-refractivity contribution >= 4 is 35.0 Å². The first-order chi connectivity index (χ1) is 15.9. The van der Waals surface area contributed by atoms with E-state index in [2.05, 4.69) is 35.9 Å². The first kappa shape index (κ1) is 24.0. The number of nitrogens with two attached hydrogens (primary N) is 1. The minimum absolute atomic E-state index is 0.172. The molecule has 4 heterocycles. The lowest BCUT2D eigenvalue weighted by Crippen LogP contribution is -2.08. The minimum atomic E-state index is -0.508. The Morgan fingerprint density at radius 1 is 1.06 bits per heavy atom. The van der Waals surface area contributed by atoms with Gasteiger partial charge in [-0.05, 0) is 49.7 Å². The Hall–Kier alpha value is -3.67. The maximum Gasteiger partial charge on any atom is 0.358 e. The number of hydrogen-bond donors (Lipinski definition) is 2. The molecule has 0 aromatic carbocycles. The van der Waals surface area contributed by atoms with Gasteiger partial charge in [0.1, 0.15) is 0 Å². The van der Waals surface area contributed by atoms with Crippen molar-refractivity contribution in [1.82, 2.24) is 35.2 Å². The molecule has 0 aliphatic heterocycles. The molecule has 0 saturated heterocycles. The van der Waals surface area contributed by atoms with Crippen LogP contribution in [0.25, 0.3) is 17.2 Å². The van der Waals surface area contributed by atoms with Crippen molar-refractivity contribution in [3.05, 3.63) is 70.2 Å². The largest absolute Gasteiger partial charge is 0.461 e. The van der Waals surface area contributed by atoms with Crippen molar-refractivity contribution in [1.29, 1.82) is 0 Å². The second kappa shape index (κ2) is 11.3. The van der Waals surface area contributed by atoms with E-state index in [-0.39, 0.29) is 17.5 Å². The van der Waals surface area contributed by atoms with Gasteiger partial charge in [-0.3, -0.25) is 4.98 Å². The number of hydrogen-bond acceptors (Lipinski definition) is 10. The lowest BCUT2D eigenvalue weighted by atomic mass is 10.2. The van der Waals surface area contributed by atoms with Gasteiger partial charge in [0.2, 0.25) is 0 Å². The predicted molar refractivity (Wildman–Crippen MR) is 123 cm³/mol. The van der Waals surface area contributed by atoms with E-state index in [4.69, 9.17) is 33.8 Å². The Kier molecular flexibility index (Phi) is 8.19. The average Bonchev–Trinajstić information content (AvgIpc) is 3.27. The third-order valence-corrected chi connectivity index (χ3v) is 4.39. The summed E-state index contributed by atoms with van der Waals surface area (Å²) in [5, 5.41) is 19.8. The van der Waals surface area contributed by atoms with Crippen LogP contribution in [0.3, 0.4) is 0 Å². The summed E-state index contributed by atoms with van der Waals surface area (Å²) in [5.41, 5.74) is 4.78. The highest BCUT2D eigenvalue weighted by molar-refractivity contribution is 6.29. The second-order valence-electron chi connectivity index (χ2n) is 6.37. The number of nitrogen functional groups attached to an aromatic ring is 1. The lowest BCUT2D eigenvalue weighted by molar-refractivity contribution is 0.0519. The smallest absolute Gasteiger partial charge is 0.358 e. The van der Waals surface area contributed by atoms with Gasteiger partial charge < -0.3 is 10.2 Å². The average molecular weight is 488 g/mol. The maximum absolute atomic E-state index is 12.0. The van der Waals surface area contributed by atoms with Crippen molar-refractivity contribution in [2.24, 2.45) is 5.84 Å². The van der Waals surface area contributed by atoms with Crippen LogP contribution < -0.4 is 11.3 Å². The lowest BCUT2D eigenvalue weighted by Gasteiger charge is -2.05. The number of pyridine rings is 1. The Morgan fingerprint density at radius 2 is 1.79 bits per heavy atom. The van der Waals surface area contributed by atoms with E-state index in [1.165, 1.54) is 4.68 Å². The molecule has 4 rings (SSSR count). The third kappa shape index (κ3) is 6.42. The molecule has 0 radical (unpaired) electrons. The van der Waals surface area contributed by atoms with Crippen LogP contribution in [0.15, 0.2) is 48.7 Å². The fourth-order valence-electron chi connectivity index (χ4n) is 2.48. The summed E-state index contributed by atoms with van der Waals surface area (Å²) >= 11 is 11.2. The molecule has 0 amide bonds. The van der Waals surface area contributed by atoms with Crippen LogP contribution in [0.2, 0.25) is 10.3 Å². The number of aryl methyl sites for hydroxylation is 1. The molecule has 11 nitrogen and oxygen atoms in total. The zero-order chi connectivity index (χ0) is 23.8. The van der Waals surface area contributed by atoms with Gasteiger partial charge in [0.25, 0.3) is 0 Å². The molecule has 0 bridgehead atoms. The van der Waals surface area contributed by atoms with Gasteiger partial charge in [-0.25, -0.2) is 15.3 Å². The summed E-state index contributed by atoms with van der Waals surface area (Å²) in [6.45, 7) is 3.95. The summed E-state index contributed by atoms with van der Waals surface area (Å²) in [7, 11) is 0. The number of carbonyl (C=O) groups is 1. The van der Waals surface area contributed by atoms with Crippen LogP contribution in [0, 0.1) is 6.92 Å². The van der Waals surface area contributed by atoms with Crippen LogP contribution in [0.5, 0.6) is 0 Å². The molecule has 0 aliphatic carbocycles. The van der Waals surface area contributed by atoms with Gasteiger partial charge in [-0.15, -0.1) is 20.4 Å². The predicted octanol–water partition coefficient (Wildman–Crippen LogP) is 3.28. The van der Waals surface area contributed by atoms with Crippen LogP contribution >= 0.6 is 23.2 Å². The second-order valence-corrected chi connectivity index (χ2v) is 7.14.